The molecular weight excluding hydrogens is 240 g/mol. The number of aliphatic hydroxyl groups excluding tert-OH is 1. The van der Waals surface area contributed by atoms with Gasteiger partial charge in [-0.05, 0) is 12.1 Å². The van der Waals surface area contributed by atoms with E-state index in [0.29, 0.717) is 6.07 Å². The highest BCUT2D eigenvalue weighted by molar-refractivity contribution is 7.90. The average Bonchev–Trinajstić information content (AvgIpc) is 2.18. The van der Waals surface area contributed by atoms with Gasteiger partial charge in [0.15, 0.2) is 9.84 Å². The third-order valence-electron chi connectivity index (χ3n) is 2.01. The summed E-state index contributed by atoms with van der Waals surface area (Å²) >= 11 is 0. The van der Waals surface area contributed by atoms with Crippen molar-refractivity contribution in [1.29, 1.82) is 0 Å². The van der Waals surface area contributed by atoms with Gasteiger partial charge in [-0.3, -0.25) is 0 Å². The number of rotatable bonds is 3. The van der Waals surface area contributed by atoms with Crippen LogP contribution in [-0.2, 0) is 9.84 Å². The lowest BCUT2D eigenvalue weighted by atomic mass is 10.1. The molecule has 7 heteroatoms. The van der Waals surface area contributed by atoms with Crippen molar-refractivity contribution >= 4 is 9.84 Å². The molecule has 0 heterocycles. The lowest BCUT2D eigenvalue weighted by Crippen LogP contribution is -2.15. The molecule has 1 atom stereocenters. The summed E-state index contributed by atoms with van der Waals surface area (Å²) in [5.41, 5.74) is 4.64. The average molecular weight is 251 g/mol. The van der Waals surface area contributed by atoms with E-state index >= 15 is 0 Å². The molecular formula is C9H11F2NO3S. The molecule has 90 valence electrons. The van der Waals surface area contributed by atoms with E-state index < -0.39 is 38.0 Å². The summed E-state index contributed by atoms with van der Waals surface area (Å²) in [6.45, 7) is -0.330. The van der Waals surface area contributed by atoms with Gasteiger partial charge in [0.2, 0.25) is 0 Å². The maximum absolute atomic E-state index is 13.6. The van der Waals surface area contributed by atoms with E-state index in [1.807, 2.05) is 0 Å². The molecule has 0 radical (unpaired) electrons. The number of benzene rings is 1. The molecule has 0 saturated carbocycles. The summed E-state index contributed by atoms with van der Waals surface area (Å²) in [5.74, 6) is -2.11. The Balaban J connectivity index is 3.50. The predicted octanol–water partition coefficient (Wildman–Crippen LogP) is 0.360. The molecule has 4 nitrogen and oxygen atoms in total. The van der Waals surface area contributed by atoms with Gasteiger partial charge < -0.3 is 10.8 Å². The first-order valence-corrected chi connectivity index (χ1v) is 6.23. The molecule has 3 N–H and O–H groups in total. The van der Waals surface area contributed by atoms with E-state index in [4.69, 9.17) is 5.73 Å². The number of halogens is 2. The minimum Gasteiger partial charge on any atom is -0.387 e. The standard InChI is InChI=1S/C9H11F2NO3S/c1-16(14,15)8-3-5(10)2-6(9(8)11)7(13)4-12/h2-3,7,13H,4,12H2,1H3. The Morgan fingerprint density at radius 3 is 2.44 bits per heavy atom. The summed E-state index contributed by atoms with van der Waals surface area (Å²) in [7, 11) is -3.89. The summed E-state index contributed by atoms with van der Waals surface area (Å²) in [5, 5.41) is 9.30. The Hall–Kier alpha value is -1.05. The number of nitrogens with two attached hydrogens (primary N) is 1. The fourth-order valence-corrected chi connectivity index (χ4v) is 1.99. The van der Waals surface area contributed by atoms with Gasteiger partial charge in [0.25, 0.3) is 0 Å². The van der Waals surface area contributed by atoms with Crippen LogP contribution in [0.2, 0.25) is 0 Å². The molecule has 0 saturated heterocycles. The van der Waals surface area contributed by atoms with Gasteiger partial charge in [-0.1, -0.05) is 0 Å². The quantitative estimate of drug-likeness (QED) is 0.812. The first-order chi connectivity index (χ1) is 7.27. The zero-order valence-electron chi connectivity index (χ0n) is 8.44. The molecule has 0 fully saturated rings. The Kier molecular flexibility index (Phi) is 3.61. The summed E-state index contributed by atoms with van der Waals surface area (Å²) < 4.78 is 49.0. The molecule has 0 aliphatic carbocycles. The van der Waals surface area contributed by atoms with Crippen LogP contribution in [0.5, 0.6) is 0 Å². The van der Waals surface area contributed by atoms with Crippen LogP contribution in [0, 0.1) is 11.6 Å². The van der Waals surface area contributed by atoms with Crippen LogP contribution in [0.4, 0.5) is 8.78 Å². The summed E-state index contributed by atoms with van der Waals surface area (Å²) in [6, 6.07) is 1.29. The lowest BCUT2D eigenvalue weighted by molar-refractivity contribution is 0.180. The molecule has 16 heavy (non-hydrogen) atoms. The van der Waals surface area contributed by atoms with Crippen molar-refractivity contribution in [2.24, 2.45) is 5.73 Å². The van der Waals surface area contributed by atoms with E-state index in [1.54, 1.807) is 0 Å². The van der Waals surface area contributed by atoms with Gasteiger partial charge in [-0.15, -0.1) is 0 Å². The molecule has 0 aliphatic rings. The Morgan fingerprint density at radius 1 is 1.44 bits per heavy atom. The molecule has 1 rings (SSSR count). The van der Waals surface area contributed by atoms with Crippen molar-refractivity contribution in [2.45, 2.75) is 11.0 Å². The third kappa shape index (κ3) is 2.55. The Bertz CT molecular complexity index is 502. The zero-order chi connectivity index (χ0) is 12.5. The van der Waals surface area contributed by atoms with E-state index in [9.17, 15) is 22.3 Å². The molecule has 1 unspecified atom stereocenters. The highest BCUT2D eigenvalue weighted by Gasteiger charge is 2.22. The van der Waals surface area contributed by atoms with Crippen LogP contribution in [0.15, 0.2) is 17.0 Å². The highest BCUT2D eigenvalue weighted by atomic mass is 32.2. The molecule has 0 aromatic heterocycles. The summed E-state index contributed by atoms with van der Waals surface area (Å²) in [6.07, 6.45) is -0.681. The molecule has 1 aromatic carbocycles. The minimum atomic E-state index is -3.89. The second-order valence-corrected chi connectivity index (χ2v) is 5.31. The van der Waals surface area contributed by atoms with Crippen molar-refractivity contribution < 1.29 is 22.3 Å². The van der Waals surface area contributed by atoms with Gasteiger partial charge >= 0.3 is 0 Å². The largest absolute Gasteiger partial charge is 0.387 e. The maximum atomic E-state index is 13.6. The van der Waals surface area contributed by atoms with E-state index in [1.165, 1.54) is 0 Å². The Labute approximate surface area is 91.6 Å². The van der Waals surface area contributed by atoms with E-state index in [2.05, 4.69) is 0 Å². The predicted molar refractivity (Wildman–Crippen MR) is 53.5 cm³/mol. The van der Waals surface area contributed by atoms with Crippen molar-refractivity contribution in [3.63, 3.8) is 0 Å². The number of sulfone groups is 1. The van der Waals surface area contributed by atoms with Gasteiger partial charge in [0.1, 0.15) is 16.5 Å². The van der Waals surface area contributed by atoms with Crippen molar-refractivity contribution in [3.8, 4) is 0 Å². The van der Waals surface area contributed by atoms with Crippen molar-refractivity contribution in [1.82, 2.24) is 0 Å². The fraction of sp³-hybridized carbons (Fsp3) is 0.333. The topological polar surface area (TPSA) is 80.4 Å². The lowest BCUT2D eigenvalue weighted by Gasteiger charge is -2.11. The maximum Gasteiger partial charge on any atom is 0.178 e. The normalized spacial score (nSPS) is 13.8. The fourth-order valence-electron chi connectivity index (χ4n) is 1.22. The first-order valence-electron chi connectivity index (χ1n) is 4.34. The highest BCUT2D eigenvalue weighted by Crippen LogP contribution is 2.24. The van der Waals surface area contributed by atoms with Crippen LogP contribution < -0.4 is 5.73 Å². The monoisotopic (exact) mass is 251 g/mol. The van der Waals surface area contributed by atoms with Crippen LogP contribution in [0.25, 0.3) is 0 Å². The van der Waals surface area contributed by atoms with Crippen LogP contribution >= 0.6 is 0 Å². The number of hydrogen-bond donors (Lipinski definition) is 2. The first kappa shape index (κ1) is 13.0. The van der Waals surface area contributed by atoms with Crippen LogP contribution in [0.1, 0.15) is 11.7 Å². The number of aliphatic hydroxyl groups is 1. The molecule has 1 aromatic rings. The van der Waals surface area contributed by atoms with Gasteiger partial charge in [-0.2, -0.15) is 0 Å². The molecule has 0 bridgehead atoms. The third-order valence-corrected chi connectivity index (χ3v) is 3.11. The van der Waals surface area contributed by atoms with E-state index in [-0.39, 0.29) is 6.54 Å². The second kappa shape index (κ2) is 4.44. The molecule has 0 aliphatic heterocycles. The molecule has 0 spiro atoms. The SMILES string of the molecule is CS(=O)(=O)c1cc(F)cc(C(O)CN)c1F. The van der Waals surface area contributed by atoms with Gasteiger partial charge in [0, 0.05) is 18.4 Å². The van der Waals surface area contributed by atoms with Crippen molar-refractivity contribution in [2.75, 3.05) is 12.8 Å². The smallest absolute Gasteiger partial charge is 0.178 e. The zero-order valence-corrected chi connectivity index (χ0v) is 9.26. The second-order valence-electron chi connectivity index (χ2n) is 3.33. The van der Waals surface area contributed by atoms with E-state index in [0.717, 1.165) is 12.3 Å². The minimum absolute atomic E-state index is 0.330. The summed E-state index contributed by atoms with van der Waals surface area (Å²) in [4.78, 5) is -0.782. The molecule has 0 amide bonds. The van der Waals surface area contributed by atoms with Crippen molar-refractivity contribution in [3.05, 3.63) is 29.3 Å². The van der Waals surface area contributed by atoms with Crippen LogP contribution in [-0.4, -0.2) is 26.3 Å². The van der Waals surface area contributed by atoms with Gasteiger partial charge in [0.05, 0.1) is 6.10 Å². The Morgan fingerprint density at radius 2 is 2.00 bits per heavy atom. The van der Waals surface area contributed by atoms with Crippen LogP contribution in [0.3, 0.4) is 0 Å². The van der Waals surface area contributed by atoms with Gasteiger partial charge in [-0.25, -0.2) is 17.2 Å². The number of hydrogen-bond acceptors (Lipinski definition) is 4.